The highest BCUT2D eigenvalue weighted by Gasteiger charge is 2.37. The summed E-state index contributed by atoms with van der Waals surface area (Å²) in [6.07, 6.45) is 5.89. The average molecular weight is 351 g/mol. The topological polar surface area (TPSA) is 58.6 Å². The summed E-state index contributed by atoms with van der Waals surface area (Å²) in [6.45, 7) is 0.369. The molecule has 2 fully saturated rings. The number of hydrogen-bond acceptors (Lipinski definition) is 3. The summed E-state index contributed by atoms with van der Waals surface area (Å²) in [6, 6.07) is 5.42. The number of carbonyl (C=O) groups is 2. The van der Waals surface area contributed by atoms with E-state index >= 15 is 0 Å². The van der Waals surface area contributed by atoms with Gasteiger partial charge in [0.05, 0.1) is 18.7 Å². The van der Waals surface area contributed by atoms with Crippen LogP contribution in [0.4, 0.5) is 5.69 Å². The van der Waals surface area contributed by atoms with Crippen molar-refractivity contribution in [1.82, 2.24) is 5.32 Å². The predicted octanol–water partition coefficient (Wildman–Crippen LogP) is 3.15. The number of methoxy groups -OCH3 is 1. The Morgan fingerprint density at radius 1 is 1.29 bits per heavy atom. The standard InChI is InChI=1S/C18H23ClN2O3/c1-24-16-8-7-13(19)10-15(16)21-11-12(9-17(21)22)18(23)20-14-5-3-2-4-6-14/h7-8,10,12,14H,2-6,9,11H2,1H3,(H,20,23)/t12-/m1/s1. The SMILES string of the molecule is COc1ccc(Cl)cc1N1C[C@H](C(=O)NC2CCCCC2)CC1=O. The lowest BCUT2D eigenvalue weighted by atomic mass is 9.95. The molecular formula is C18H23ClN2O3. The smallest absolute Gasteiger partial charge is 0.227 e. The van der Waals surface area contributed by atoms with Gasteiger partial charge in [-0.05, 0) is 31.0 Å². The summed E-state index contributed by atoms with van der Waals surface area (Å²) in [7, 11) is 1.56. The van der Waals surface area contributed by atoms with Crippen molar-refractivity contribution in [1.29, 1.82) is 0 Å². The molecule has 5 nitrogen and oxygen atoms in total. The lowest BCUT2D eigenvalue weighted by Gasteiger charge is -2.24. The normalized spacial score (nSPS) is 21.8. The number of ether oxygens (including phenoxy) is 1. The van der Waals surface area contributed by atoms with Crippen LogP contribution in [0.15, 0.2) is 18.2 Å². The zero-order chi connectivity index (χ0) is 17.1. The van der Waals surface area contributed by atoms with Gasteiger partial charge < -0.3 is 15.0 Å². The number of benzene rings is 1. The van der Waals surface area contributed by atoms with Crippen molar-refractivity contribution in [3.8, 4) is 5.75 Å². The fraction of sp³-hybridized carbons (Fsp3) is 0.556. The minimum absolute atomic E-state index is 0.0151. The summed E-state index contributed by atoms with van der Waals surface area (Å²) in [5.74, 6) is 0.183. The molecule has 0 bridgehead atoms. The number of carbonyl (C=O) groups excluding carboxylic acids is 2. The number of amides is 2. The van der Waals surface area contributed by atoms with Crippen LogP contribution in [0.25, 0.3) is 0 Å². The molecule has 1 saturated heterocycles. The molecule has 3 rings (SSSR count). The van der Waals surface area contributed by atoms with E-state index in [1.807, 2.05) is 0 Å². The Bertz CT molecular complexity index is 629. The third-order valence-electron chi connectivity index (χ3n) is 4.88. The first kappa shape index (κ1) is 17.1. The molecule has 1 N–H and O–H groups in total. The molecular weight excluding hydrogens is 328 g/mol. The van der Waals surface area contributed by atoms with Gasteiger partial charge in [0.1, 0.15) is 5.75 Å². The first-order valence-corrected chi connectivity index (χ1v) is 8.90. The number of nitrogens with one attached hydrogen (secondary N) is 1. The van der Waals surface area contributed by atoms with Crippen molar-refractivity contribution < 1.29 is 14.3 Å². The first-order chi connectivity index (χ1) is 11.6. The van der Waals surface area contributed by atoms with Crippen LogP contribution in [0.1, 0.15) is 38.5 Å². The molecule has 24 heavy (non-hydrogen) atoms. The number of halogens is 1. The van der Waals surface area contributed by atoms with E-state index in [1.54, 1.807) is 30.2 Å². The number of nitrogens with zero attached hydrogens (tertiary/aromatic N) is 1. The van der Waals surface area contributed by atoms with Gasteiger partial charge in [0.2, 0.25) is 11.8 Å². The summed E-state index contributed by atoms with van der Waals surface area (Å²) in [5.41, 5.74) is 0.628. The van der Waals surface area contributed by atoms with E-state index in [9.17, 15) is 9.59 Å². The molecule has 0 aromatic heterocycles. The first-order valence-electron chi connectivity index (χ1n) is 8.52. The van der Waals surface area contributed by atoms with Crippen molar-refractivity contribution in [2.75, 3.05) is 18.6 Å². The van der Waals surface area contributed by atoms with Gasteiger partial charge in [0, 0.05) is 24.0 Å². The van der Waals surface area contributed by atoms with E-state index in [1.165, 1.54) is 19.3 Å². The molecule has 1 heterocycles. The maximum absolute atomic E-state index is 12.5. The zero-order valence-electron chi connectivity index (χ0n) is 13.9. The summed E-state index contributed by atoms with van der Waals surface area (Å²) in [5, 5.41) is 3.65. The summed E-state index contributed by atoms with van der Waals surface area (Å²) >= 11 is 6.05. The molecule has 0 spiro atoms. The van der Waals surface area contributed by atoms with Crippen molar-refractivity contribution >= 4 is 29.1 Å². The Morgan fingerprint density at radius 2 is 2.04 bits per heavy atom. The fourth-order valence-electron chi connectivity index (χ4n) is 3.56. The predicted molar refractivity (Wildman–Crippen MR) is 93.5 cm³/mol. The molecule has 1 saturated carbocycles. The minimum atomic E-state index is -0.317. The Hall–Kier alpha value is -1.75. The molecule has 6 heteroatoms. The van der Waals surface area contributed by atoms with Gasteiger partial charge in [-0.3, -0.25) is 9.59 Å². The largest absolute Gasteiger partial charge is 0.495 e. The fourth-order valence-corrected chi connectivity index (χ4v) is 3.72. The van der Waals surface area contributed by atoms with Crippen LogP contribution < -0.4 is 15.0 Å². The van der Waals surface area contributed by atoms with Crippen LogP contribution in [-0.2, 0) is 9.59 Å². The van der Waals surface area contributed by atoms with Crippen LogP contribution in [0.5, 0.6) is 5.75 Å². The quantitative estimate of drug-likeness (QED) is 0.907. The molecule has 2 amide bonds. The van der Waals surface area contributed by atoms with Crippen LogP contribution in [0.2, 0.25) is 5.02 Å². The van der Waals surface area contributed by atoms with Crippen LogP contribution in [0.3, 0.4) is 0 Å². The average Bonchev–Trinajstić information content (AvgIpc) is 2.97. The Labute approximate surface area is 147 Å². The highest BCUT2D eigenvalue weighted by Crippen LogP contribution is 2.35. The van der Waals surface area contributed by atoms with Crippen molar-refractivity contribution in [3.05, 3.63) is 23.2 Å². The van der Waals surface area contributed by atoms with Crippen LogP contribution >= 0.6 is 11.6 Å². The Balaban J connectivity index is 1.69. The van der Waals surface area contributed by atoms with Crippen LogP contribution in [0, 0.1) is 5.92 Å². The second-order valence-electron chi connectivity index (χ2n) is 6.57. The molecule has 1 aliphatic carbocycles. The number of hydrogen-bond donors (Lipinski definition) is 1. The number of anilines is 1. The Kier molecular flexibility index (Phi) is 5.29. The molecule has 1 atom stereocenters. The van der Waals surface area contributed by atoms with Gasteiger partial charge in [0.25, 0.3) is 0 Å². The second kappa shape index (κ2) is 7.43. The molecule has 2 aliphatic rings. The summed E-state index contributed by atoms with van der Waals surface area (Å²) in [4.78, 5) is 26.5. The molecule has 1 aromatic carbocycles. The minimum Gasteiger partial charge on any atom is -0.495 e. The van der Waals surface area contributed by atoms with E-state index in [0.29, 0.717) is 23.0 Å². The van der Waals surface area contributed by atoms with Gasteiger partial charge >= 0.3 is 0 Å². The molecule has 1 aliphatic heterocycles. The molecule has 130 valence electrons. The third kappa shape index (κ3) is 3.66. The van der Waals surface area contributed by atoms with E-state index < -0.39 is 0 Å². The zero-order valence-corrected chi connectivity index (χ0v) is 14.6. The monoisotopic (exact) mass is 350 g/mol. The van der Waals surface area contributed by atoms with E-state index in [2.05, 4.69) is 5.32 Å². The lowest BCUT2D eigenvalue weighted by molar-refractivity contribution is -0.127. The van der Waals surface area contributed by atoms with Crippen LogP contribution in [-0.4, -0.2) is 31.5 Å². The van der Waals surface area contributed by atoms with E-state index in [-0.39, 0.29) is 30.2 Å². The third-order valence-corrected chi connectivity index (χ3v) is 5.11. The van der Waals surface area contributed by atoms with Crippen molar-refractivity contribution in [3.63, 3.8) is 0 Å². The number of rotatable bonds is 4. The molecule has 0 radical (unpaired) electrons. The molecule has 1 aromatic rings. The van der Waals surface area contributed by atoms with Gasteiger partial charge in [-0.1, -0.05) is 30.9 Å². The second-order valence-corrected chi connectivity index (χ2v) is 7.00. The van der Waals surface area contributed by atoms with Gasteiger partial charge in [-0.15, -0.1) is 0 Å². The van der Waals surface area contributed by atoms with Gasteiger partial charge in [0.15, 0.2) is 0 Å². The van der Waals surface area contributed by atoms with Crippen molar-refractivity contribution in [2.45, 2.75) is 44.6 Å². The highest BCUT2D eigenvalue weighted by molar-refractivity contribution is 6.31. The summed E-state index contributed by atoms with van der Waals surface area (Å²) < 4.78 is 5.33. The highest BCUT2D eigenvalue weighted by atomic mass is 35.5. The maximum atomic E-state index is 12.5. The lowest BCUT2D eigenvalue weighted by Crippen LogP contribution is -2.40. The Morgan fingerprint density at radius 3 is 2.75 bits per heavy atom. The van der Waals surface area contributed by atoms with Gasteiger partial charge in [-0.2, -0.15) is 0 Å². The van der Waals surface area contributed by atoms with E-state index in [0.717, 1.165) is 12.8 Å². The van der Waals surface area contributed by atoms with E-state index in [4.69, 9.17) is 16.3 Å². The maximum Gasteiger partial charge on any atom is 0.227 e. The molecule has 0 unspecified atom stereocenters. The van der Waals surface area contributed by atoms with Crippen molar-refractivity contribution in [2.24, 2.45) is 5.92 Å². The van der Waals surface area contributed by atoms with Gasteiger partial charge in [-0.25, -0.2) is 0 Å².